The van der Waals surface area contributed by atoms with Crippen molar-refractivity contribution in [3.8, 4) is 5.75 Å². The van der Waals surface area contributed by atoms with Crippen molar-refractivity contribution >= 4 is 5.84 Å². The Balaban J connectivity index is 2.12. The van der Waals surface area contributed by atoms with Crippen LogP contribution in [0, 0.1) is 5.41 Å². The van der Waals surface area contributed by atoms with Crippen LogP contribution in [0.2, 0.25) is 0 Å². The highest BCUT2D eigenvalue weighted by Gasteiger charge is 2.18. The third kappa shape index (κ3) is 4.21. The number of methoxy groups -OCH3 is 1. The molecule has 0 aliphatic heterocycles. The standard InChI is InChI=1S/C17H27N3O/c1-20(15-7-5-3-4-6-8-15)12-14-11-13(17(18)19)9-10-16(14)21-2/h9-11,15H,3-8,12H2,1-2H3,(H3,18,19). The molecule has 0 radical (unpaired) electrons. The normalized spacial score (nSPS) is 16.7. The van der Waals surface area contributed by atoms with E-state index in [2.05, 4.69) is 11.9 Å². The van der Waals surface area contributed by atoms with Gasteiger partial charge in [-0.25, -0.2) is 0 Å². The van der Waals surface area contributed by atoms with E-state index in [1.165, 1.54) is 38.5 Å². The average Bonchev–Trinajstić information content (AvgIpc) is 2.76. The molecule has 1 aliphatic rings. The minimum atomic E-state index is 0.107. The fourth-order valence-electron chi connectivity index (χ4n) is 3.17. The summed E-state index contributed by atoms with van der Waals surface area (Å²) in [6.45, 7) is 0.842. The summed E-state index contributed by atoms with van der Waals surface area (Å²) in [6.07, 6.45) is 7.97. The van der Waals surface area contributed by atoms with Crippen molar-refractivity contribution < 1.29 is 4.74 Å². The van der Waals surface area contributed by atoms with Crippen molar-refractivity contribution in [1.82, 2.24) is 4.90 Å². The Kier molecular flexibility index (Phi) is 5.62. The zero-order valence-corrected chi connectivity index (χ0v) is 13.2. The molecule has 2 rings (SSSR count). The highest BCUT2D eigenvalue weighted by Crippen LogP contribution is 2.26. The number of rotatable bonds is 5. The summed E-state index contributed by atoms with van der Waals surface area (Å²) in [4.78, 5) is 2.42. The Morgan fingerprint density at radius 2 is 1.95 bits per heavy atom. The molecule has 0 spiro atoms. The predicted molar refractivity (Wildman–Crippen MR) is 87.0 cm³/mol. The molecule has 1 saturated carbocycles. The van der Waals surface area contributed by atoms with Crippen LogP contribution in [0.3, 0.4) is 0 Å². The van der Waals surface area contributed by atoms with Crippen molar-refractivity contribution in [3.05, 3.63) is 29.3 Å². The van der Waals surface area contributed by atoms with Crippen LogP contribution in [0.25, 0.3) is 0 Å². The summed E-state index contributed by atoms with van der Waals surface area (Å²) < 4.78 is 5.46. The van der Waals surface area contributed by atoms with Crippen molar-refractivity contribution in [2.45, 2.75) is 51.1 Å². The van der Waals surface area contributed by atoms with Gasteiger partial charge in [0.15, 0.2) is 0 Å². The van der Waals surface area contributed by atoms with Gasteiger partial charge in [-0.1, -0.05) is 25.7 Å². The molecule has 0 bridgehead atoms. The number of hydrogen-bond acceptors (Lipinski definition) is 3. The summed E-state index contributed by atoms with van der Waals surface area (Å²) in [7, 11) is 3.88. The topological polar surface area (TPSA) is 62.3 Å². The Morgan fingerprint density at radius 1 is 1.29 bits per heavy atom. The fraction of sp³-hybridized carbons (Fsp3) is 0.588. The van der Waals surface area contributed by atoms with Gasteiger partial charge in [-0.05, 0) is 38.1 Å². The van der Waals surface area contributed by atoms with Crippen LogP contribution in [-0.4, -0.2) is 30.9 Å². The quantitative estimate of drug-likeness (QED) is 0.497. The van der Waals surface area contributed by atoms with Gasteiger partial charge < -0.3 is 10.5 Å². The summed E-state index contributed by atoms with van der Waals surface area (Å²) in [6, 6.07) is 6.38. The minimum absolute atomic E-state index is 0.107. The second-order valence-electron chi connectivity index (χ2n) is 6.00. The van der Waals surface area contributed by atoms with E-state index >= 15 is 0 Å². The smallest absolute Gasteiger partial charge is 0.123 e. The number of nitrogens with one attached hydrogen (secondary N) is 1. The van der Waals surface area contributed by atoms with Gasteiger partial charge >= 0.3 is 0 Å². The van der Waals surface area contributed by atoms with Crippen LogP contribution in [0.4, 0.5) is 0 Å². The van der Waals surface area contributed by atoms with Crippen LogP contribution >= 0.6 is 0 Å². The Morgan fingerprint density at radius 3 is 2.52 bits per heavy atom. The first-order chi connectivity index (χ1) is 10.1. The maximum atomic E-state index is 7.59. The molecule has 0 unspecified atom stereocenters. The van der Waals surface area contributed by atoms with Crippen molar-refractivity contribution in [3.63, 3.8) is 0 Å². The van der Waals surface area contributed by atoms with Gasteiger partial charge in [0.2, 0.25) is 0 Å². The van der Waals surface area contributed by atoms with Gasteiger partial charge in [0.25, 0.3) is 0 Å². The van der Waals surface area contributed by atoms with Crippen molar-refractivity contribution in [1.29, 1.82) is 5.41 Å². The SMILES string of the molecule is COc1ccc(C(=N)N)cc1CN(C)C1CCCCCC1. The molecule has 0 aromatic heterocycles. The molecule has 0 heterocycles. The van der Waals surface area contributed by atoms with Gasteiger partial charge in [-0.15, -0.1) is 0 Å². The lowest BCUT2D eigenvalue weighted by Crippen LogP contribution is -2.31. The third-order valence-electron chi connectivity index (χ3n) is 4.46. The van der Waals surface area contributed by atoms with Crippen molar-refractivity contribution in [2.24, 2.45) is 5.73 Å². The first kappa shape index (κ1) is 15.8. The number of ether oxygens (including phenoxy) is 1. The number of hydrogen-bond donors (Lipinski definition) is 2. The maximum Gasteiger partial charge on any atom is 0.123 e. The lowest BCUT2D eigenvalue weighted by atomic mass is 10.0. The summed E-state index contributed by atoms with van der Waals surface area (Å²) in [5.41, 5.74) is 7.47. The summed E-state index contributed by atoms with van der Waals surface area (Å²) in [5.74, 6) is 0.983. The lowest BCUT2D eigenvalue weighted by molar-refractivity contribution is 0.210. The Labute approximate surface area is 127 Å². The first-order valence-electron chi connectivity index (χ1n) is 7.83. The molecule has 116 valence electrons. The van der Waals surface area contributed by atoms with Gasteiger partial charge in [-0.2, -0.15) is 0 Å². The molecular weight excluding hydrogens is 262 g/mol. The highest BCUT2D eigenvalue weighted by molar-refractivity contribution is 5.95. The van der Waals surface area contributed by atoms with Gasteiger partial charge in [-0.3, -0.25) is 10.3 Å². The van der Waals surface area contributed by atoms with E-state index in [0.29, 0.717) is 6.04 Å². The number of nitrogen functional groups attached to an aromatic ring is 1. The number of nitrogens with two attached hydrogens (primary N) is 1. The third-order valence-corrected chi connectivity index (χ3v) is 4.46. The van der Waals surface area contributed by atoms with E-state index in [0.717, 1.165) is 23.4 Å². The number of amidine groups is 1. The molecule has 4 nitrogen and oxygen atoms in total. The molecule has 1 fully saturated rings. The van der Waals surface area contributed by atoms with Gasteiger partial charge in [0.1, 0.15) is 11.6 Å². The van der Waals surface area contributed by atoms with Crippen LogP contribution in [0.1, 0.15) is 49.7 Å². The Bertz CT molecular complexity index is 479. The summed E-state index contributed by atoms with van der Waals surface area (Å²) >= 11 is 0. The zero-order valence-electron chi connectivity index (χ0n) is 13.2. The van der Waals surface area contributed by atoms with Crippen LogP contribution in [0.5, 0.6) is 5.75 Å². The van der Waals surface area contributed by atoms with Gasteiger partial charge in [0, 0.05) is 23.7 Å². The maximum absolute atomic E-state index is 7.59. The van der Waals surface area contributed by atoms with Crippen LogP contribution < -0.4 is 10.5 Å². The molecule has 1 aromatic rings. The van der Waals surface area contributed by atoms with E-state index in [1.54, 1.807) is 7.11 Å². The molecule has 4 heteroatoms. The van der Waals surface area contributed by atoms with Crippen LogP contribution in [-0.2, 0) is 6.54 Å². The predicted octanol–water partition coefficient (Wildman–Crippen LogP) is 3.13. The molecule has 1 aromatic carbocycles. The monoisotopic (exact) mass is 289 g/mol. The second-order valence-corrected chi connectivity index (χ2v) is 6.00. The van der Waals surface area contributed by atoms with E-state index < -0.39 is 0 Å². The molecule has 0 atom stereocenters. The number of nitrogens with zero attached hydrogens (tertiary/aromatic N) is 1. The second kappa shape index (κ2) is 7.46. The van der Waals surface area contributed by atoms with Gasteiger partial charge in [0.05, 0.1) is 7.11 Å². The molecule has 21 heavy (non-hydrogen) atoms. The Hall–Kier alpha value is -1.55. The van der Waals surface area contributed by atoms with E-state index in [-0.39, 0.29) is 5.84 Å². The van der Waals surface area contributed by atoms with E-state index in [9.17, 15) is 0 Å². The minimum Gasteiger partial charge on any atom is -0.496 e. The molecule has 0 amide bonds. The van der Waals surface area contributed by atoms with Crippen molar-refractivity contribution in [2.75, 3.05) is 14.2 Å². The highest BCUT2D eigenvalue weighted by atomic mass is 16.5. The molecule has 0 saturated heterocycles. The zero-order chi connectivity index (χ0) is 15.2. The largest absolute Gasteiger partial charge is 0.496 e. The van der Waals surface area contributed by atoms with Crippen LogP contribution in [0.15, 0.2) is 18.2 Å². The molecule has 3 N–H and O–H groups in total. The number of benzene rings is 1. The first-order valence-corrected chi connectivity index (χ1v) is 7.83. The van der Waals surface area contributed by atoms with E-state index in [4.69, 9.17) is 15.9 Å². The lowest BCUT2D eigenvalue weighted by Gasteiger charge is -2.27. The fourth-order valence-corrected chi connectivity index (χ4v) is 3.17. The average molecular weight is 289 g/mol. The molecular formula is C17H27N3O. The molecule has 1 aliphatic carbocycles. The van der Waals surface area contributed by atoms with E-state index in [1.807, 2.05) is 18.2 Å². The summed E-state index contributed by atoms with van der Waals surface area (Å²) in [5, 5.41) is 7.59.